The minimum atomic E-state index is -0.185. The minimum absolute atomic E-state index is 0.185. The van der Waals surface area contributed by atoms with Crippen molar-refractivity contribution < 1.29 is 4.74 Å². The molecule has 1 heterocycles. The maximum Gasteiger partial charge on any atom is 0.110 e. The lowest BCUT2D eigenvalue weighted by atomic mass is 9.95. The fraction of sp³-hybridized carbons (Fsp3) is 0.786. The first kappa shape index (κ1) is 15.2. The van der Waals surface area contributed by atoms with Gasteiger partial charge in [-0.25, -0.2) is 4.98 Å². The molecule has 1 N–H and O–H groups in total. The average molecular weight is 253 g/mol. The van der Waals surface area contributed by atoms with E-state index in [-0.39, 0.29) is 11.6 Å². The molecule has 1 aromatic rings. The van der Waals surface area contributed by atoms with Crippen molar-refractivity contribution in [2.45, 2.75) is 52.2 Å². The van der Waals surface area contributed by atoms with Gasteiger partial charge in [-0.2, -0.15) is 0 Å². The van der Waals surface area contributed by atoms with Gasteiger partial charge in [-0.15, -0.1) is 0 Å². The van der Waals surface area contributed by atoms with Gasteiger partial charge >= 0.3 is 0 Å². The van der Waals surface area contributed by atoms with Crippen molar-refractivity contribution >= 4 is 0 Å². The highest BCUT2D eigenvalue weighted by molar-refractivity contribution is 4.99. The smallest absolute Gasteiger partial charge is 0.110 e. The fourth-order valence-electron chi connectivity index (χ4n) is 2.13. The van der Waals surface area contributed by atoms with Gasteiger partial charge in [0.25, 0.3) is 0 Å². The molecule has 1 atom stereocenters. The van der Waals surface area contributed by atoms with E-state index in [1.165, 1.54) is 0 Å². The molecule has 1 rings (SSSR count). The van der Waals surface area contributed by atoms with E-state index < -0.39 is 0 Å². The Morgan fingerprint density at radius 1 is 1.44 bits per heavy atom. The minimum Gasteiger partial charge on any atom is -0.374 e. The molecule has 0 bridgehead atoms. The largest absolute Gasteiger partial charge is 0.374 e. The van der Waals surface area contributed by atoms with Crippen LogP contribution in [0.3, 0.4) is 0 Å². The van der Waals surface area contributed by atoms with E-state index >= 15 is 0 Å². The van der Waals surface area contributed by atoms with Gasteiger partial charge in [-0.1, -0.05) is 6.92 Å². The number of nitrogens with zero attached hydrogens (tertiary/aromatic N) is 2. The third-order valence-electron chi connectivity index (χ3n) is 3.30. The molecule has 0 aliphatic heterocycles. The van der Waals surface area contributed by atoms with Gasteiger partial charge in [0.2, 0.25) is 0 Å². The molecule has 1 unspecified atom stereocenters. The second-order valence-corrected chi connectivity index (χ2v) is 5.20. The summed E-state index contributed by atoms with van der Waals surface area (Å²) in [6, 6.07) is 0.276. The van der Waals surface area contributed by atoms with Crippen LogP contribution in [0.4, 0.5) is 0 Å². The third kappa shape index (κ3) is 4.10. The van der Waals surface area contributed by atoms with E-state index in [1.54, 1.807) is 0 Å². The Kier molecular flexibility index (Phi) is 5.82. The highest BCUT2D eigenvalue weighted by Gasteiger charge is 2.30. The van der Waals surface area contributed by atoms with Crippen LogP contribution in [0.1, 0.15) is 39.9 Å². The van der Waals surface area contributed by atoms with Crippen molar-refractivity contribution in [3.8, 4) is 0 Å². The molecule has 0 saturated carbocycles. The van der Waals surface area contributed by atoms with E-state index in [0.29, 0.717) is 0 Å². The van der Waals surface area contributed by atoms with Crippen LogP contribution in [0.25, 0.3) is 0 Å². The predicted octanol–water partition coefficient (Wildman–Crippen LogP) is 2.15. The van der Waals surface area contributed by atoms with Crippen molar-refractivity contribution in [1.29, 1.82) is 0 Å². The fourth-order valence-corrected chi connectivity index (χ4v) is 2.13. The Balaban J connectivity index is 2.75. The molecule has 18 heavy (non-hydrogen) atoms. The van der Waals surface area contributed by atoms with Gasteiger partial charge in [0.15, 0.2) is 0 Å². The molecule has 4 nitrogen and oxygen atoms in total. The van der Waals surface area contributed by atoms with Gasteiger partial charge in [0, 0.05) is 38.5 Å². The summed E-state index contributed by atoms with van der Waals surface area (Å²) in [5, 5.41) is 3.58. The maximum absolute atomic E-state index is 5.88. The zero-order valence-corrected chi connectivity index (χ0v) is 12.4. The van der Waals surface area contributed by atoms with Crippen molar-refractivity contribution in [2.75, 3.05) is 13.2 Å². The van der Waals surface area contributed by atoms with Crippen LogP contribution >= 0.6 is 0 Å². The van der Waals surface area contributed by atoms with Crippen LogP contribution in [-0.2, 0) is 18.2 Å². The summed E-state index contributed by atoms with van der Waals surface area (Å²) in [6.07, 6.45) is 5.84. The lowest BCUT2D eigenvalue weighted by Gasteiger charge is -2.34. The number of rotatable bonds is 8. The van der Waals surface area contributed by atoms with Gasteiger partial charge < -0.3 is 14.6 Å². The van der Waals surface area contributed by atoms with Gasteiger partial charge in [-0.05, 0) is 33.7 Å². The maximum atomic E-state index is 5.88. The van der Waals surface area contributed by atoms with E-state index in [0.717, 1.165) is 31.8 Å². The summed E-state index contributed by atoms with van der Waals surface area (Å²) in [6.45, 7) is 10.3. The summed E-state index contributed by atoms with van der Waals surface area (Å²) < 4.78 is 7.95. The van der Waals surface area contributed by atoms with Crippen LogP contribution in [0, 0.1) is 0 Å². The zero-order chi connectivity index (χ0) is 13.6. The third-order valence-corrected chi connectivity index (χ3v) is 3.30. The number of nitrogens with one attached hydrogen (secondary N) is 1. The molecule has 0 aliphatic rings. The summed E-state index contributed by atoms with van der Waals surface area (Å²) in [7, 11) is 2.03. The molecule has 0 fully saturated rings. The first-order chi connectivity index (χ1) is 8.51. The average Bonchev–Trinajstić information content (AvgIpc) is 2.70. The number of aryl methyl sites for hydroxylation is 1. The van der Waals surface area contributed by atoms with Gasteiger partial charge in [-0.3, -0.25) is 0 Å². The SMILES string of the molecule is CCCNC(Cc1nccn1C)C(C)(C)OCC. The Morgan fingerprint density at radius 3 is 2.67 bits per heavy atom. The number of hydrogen-bond acceptors (Lipinski definition) is 3. The molecular weight excluding hydrogens is 226 g/mol. The summed E-state index contributed by atoms with van der Waals surface area (Å²) in [5.41, 5.74) is -0.185. The van der Waals surface area contributed by atoms with Crippen LogP contribution in [0.2, 0.25) is 0 Å². The zero-order valence-electron chi connectivity index (χ0n) is 12.4. The number of imidazole rings is 1. The van der Waals surface area contributed by atoms with Crippen LogP contribution in [-0.4, -0.2) is 34.3 Å². The van der Waals surface area contributed by atoms with E-state index in [1.807, 2.05) is 26.4 Å². The Bertz CT molecular complexity index is 347. The number of aromatic nitrogens is 2. The van der Waals surface area contributed by atoms with Crippen LogP contribution in [0.15, 0.2) is 12.4 Å². The second kappa shape index (κ2) is 6.90. The normalized spacial score (nSPS) is 13.8. The van der Waals surface area contributed by atoms with Crippen molar-refractivity contribution in [1.82, 2.24) is 14.9 Å². The standard InChI is InChI=1S/C14H27N3O/c1-6-8-15-12(14(3,4)18-7-2)11-13-16-9-10-17(13)5/h9-10,12,15H,6-8,11H2,1-5H3. The summed E-state index contributed by atoms with van der Waals surface area (Å²) >= 11 is 0. The Labute approximate surface area is 111 Å². The van der Waals surface area contributed by atoms with E-state index in [4.69, 9.17) is 4.74 Å². The predicted molar refractivity (Wildman–Crippen MR) is 74.7 cm³/mol. The van der Waals surface area contributed by atoms with Crippen molar-refractivity contribution in [2.24, 2.45) is 7.05 Å². The molecule has 104 valence electrons. The quantitative estimate of drug-likeness (QED) is 0.771. The van der Waals surface area contributed by atoms with Gasteiger partial charge in [0.05, 0.1) is 5.60 Å². The first-order valence-electron chi connectivity index (χ1n) is 6.84. The molecule has 1 aromatic heterocycles. The molecule has 0 saturated heterocycles. The van der Waals surface area contributed by atoms with Crippen LogP contribution < -0.4 is 5.32 Å². The molecule has 4 heteroatoms. The second-order valence-electron chi connectivity index (χ2n) is 5.20. The number of hydrogen-bond donors (Lipinski definition) is 1. The van der Waals surface area contributed by atoms with Gasteiger partial charge in [0.1, 0.15) is 5.82 Å². The molecule has 0 spiro atoms. The molecule has 0 radical (unpaired) electrons. The lowest BCUT2D eigenvalue weighted by molar-refractivity contribution is -0.0385. The molecular formula is C14H27N3O. The topological polar surface area (TPSA) is 39.1 Å². The Hall–Kier alpha value is -0.870. The molecule has 0 aliphatic carbocycles. The molecule has 0 amide bonds. The first-order valence-corrected chi connectivity index (χ1v) is 6.84. The molecule has 0 aromatic carbocycles. The van der Waals surface area contributed by atoms with Crippen LogP contribution in [0.5, 0.6) is 0 Å². The highest BCUT2D eigenvalue weighted by atomic mass is 16.5. The monoisotopic (exact) mass is 253 g/mol. The van der Waals surface area contributed by atoms with Crippen molar-refractivity contribution in [3.05, 3.63) is 18.2 Å². The Morgan fingerprint density at radius 2 is 2.17 bits per heavy atom. The highest BCUT2D eigenvalue weighted by Crippen LogP contribution is 2.18. The summed E-state index contributed by atoms with van der Waals surface area (Å²) in [5.74, 6) is 1.09. The van der Waals surface area contributed by atoms with Crippen molar-refractivity contribution in [3.63, 3.8) is 0 Å². The van der Waals surface area contributed by atoms with E-state index in [2.05, 4.69) is 35.6 Å². The summed E-state index contributed by atoms with van der Waals surface area (Å²) in [4.78, 5) is 4.40. The van der Waals surface area contributed by atoms with E-state index in [9.17, 15) is 0 Å². The lowest BCUT2D eigenvalue weighted by Crippen LogP contribution is -2.50. The number of ether oxygens (including phenoxy) is 1.